The van der Waals surface area contributed by atoms with Gasteiger partial charge in [-0.1, -0.05) is 11.6 Å². The van der Waals surface area contributed by atoms with Crippen molar-refractivity contribution in [3.63, 3.8) is 0 Å². The number of ketones is 1. The van der Waals surface area contributed by atoms with E-state index in [2.05, 4.69) is 9.98 Å². The number of ether oxygens (including phenoxy) is 2. The van der Waals surface area contributed by atoms with Gasteiger partial charge in [0.1, 0.15) is 13.2 Å². The molecule has 0 aliphatic carbocycles. The number of rotatable bonds is 3. The SMILES string of the molecule is NC(N)=NC(N)=Nc1cc2c(cc1C(=O)c1ccc(Cl)cc1)OCCO2. The third-order valence-corrected chi connectivity index (χ3v) is 3.74. The number of carbonyl (C=O) groups is 1. The molecule has 6 N–H and O–H groups in total. The minimum Gasteiger partial charge on any atom is -0.486 e. The molecule has 0 radical (unpaired) electrons. The number of fused-ring (bicyclic) bond motifs is 1. The van der Waals surface area contributed by atoms with E-state index < -0.39 is 0 Å². The van der Waals surface area contributed by atoms with Gasteiger partial charge >= 0.3 is 0 Å². The fourth-order valence-corrected chi connectivity index (χ4v) is 2.52. The van der Waals surface area contributed by atoms with Crippen molar-refractivity contribution in [2.75, 3.05) is 13.2 Å². The Kier molecular flexibility index (Phi) is 4.94. The summed E-state index contributed by atoms with van der Waals surface area (Å²) in [6.45, 7) is 0.782. The lowest BCUT2D eigenvalue weighted by Crippen LogP contribution is -2.26. The van der Waals surface area contributed by atoms with Crippen LogP contribution in [0.1, 0.15) is 15.9 Å². The number of guanidine groups is 2. The predicted octanol–water partition coefficient (Wildman–Crippen LogP) is 1.56. The first-order valence-electron chi connectivity index (χ1n) is 7.62. The number of halogens is 1. The Morgan fingerprint density at radius 2 is 1.62 bits per heavy atom. The van der Waals surface area contributed by atoms with E-state index in [0.29, 0.717) is 35.3 Å². The predicted molar refractivity (Wildman–Crippen MR) is 99.4 cm³/mol. The van der Waals surface area contributed by atoms with Crippen LogP contribution in [0, 0.1) is 0 Å². The highest BCUT2D eigenvalue weighted by atomic mass is 35.5. The van der Waals surface area contributed by atoms with Gasteiger partial charge in [-0.05, 0) is 30.3 Å². The fraction of sp³-hybridized carbons (Fsp3) is 0.118. The van der Waals surface area contributed by atoms with Crippen LogP contribution in [0.3, 0.4) is 0 Å². The van der Waals surface area contributed by atoms with Gasteiger partial charge in [0, 0.05) is 16.7 Å². The van der Waals surface area contributed by atoms with Crippen LogP contribution >= 0.6 is 11.6 Å². The van der Waals surface area contributed by atoms with Crippen molar-refractivity contribution in [1.82, 2.24) is 0 Å². The summed E-state index contributed by atoms with van der Waals surface area (Å²) in [5, 5.41) is 0.527. The van der Waals surface area contributed by atoms with Crippen LogP contribution < -0.4 is 26.7 Å². The Morgan fingerprint density at radius 1 is 1.00 bits per heavy atom. The standard InChI is InChI=1S/C17H16ClN5O3/c18-10-3-1-9(2-4-10)15(24)11-7-13-14(26-6-5-25-13)8-12(11)22-17(21)23-16(19)20/h1-4,7-8H,5-6H2,(H6,19,20,21,22,23). The average molecular weight is 374 g/mol. The van der Waals surface area contributed by atoms with E-state index in [1.165, 1.54) is 0 Å². The van der Waals surface area contributed by atoms with Gasteiger partial charge in [-0.2, -0.15) is 4.99 Å². The Bertz CT molecular complexity index is 905. The lowest BCUT2D eigenvalue weighted by atomic mass is 10.0. The molecule has 9 heteroatoms. The molecule has 0 saturated heterocycles. The molecular weight excluding hydrogens is 358 g/mol. The number of carbonyl (C=O) groups excluding carboxylic acids is 1. The molecule has 0 unspecified atom stereocenters. The topological polar surface area (TPSA) is 138 Å². The maximum Gasteiger partial charge on any atom is 0.223 e. The van der Waals surface area contributed by atoms with Gasteiger partial charge in [0.25, 0.3) is 0 Å². The smallest absolute Gasteiger partial charge is 0.223 e. The number of hydrogen-bond donors (Lipinski definition) is 3. The van der Waals surface area contributed by atoms with Crippen molar-refractivity contribution in [3.8, 4) is 11.5 Å². The first-order chi connectivity index (χ1) is 12.4. The van der Waals surface area contributed by atoms with Gasteiger partial charge in [0.15, 0.2) is 23.2 Å². The van der Waals surface area contributed by atoms with Gasteiger partial charge in [-0.25, -0.2) is 4.99 Å². The molecule has 0 amide bonds. The van der Waals surface area contributed by atoms with Crippen molar-refractivity contribution >= 4 is 35.0 Å². The Morgan fingerprint density at radius 3 is 2.23 bits per heavy atom. The first kappa shape index (κ1) is 17.6. The third kappa shape index (κ3) is 3.86. The zero-order valence-electron chi connectivity index (χ0n) is 13.6. The summed E-state index contributed by atoms with van der Waals surface area (Å²) < 4.78 is 11.1. The zero-order chi connectivity index (χ0) is 18.7. The largest absolute Gasteiger partial charge is 0.486 e. The van der Waals surface area contributed by atoms with Crippen LogP contribution in [0.4, 0.5) is 5.69 Å². The number of nitrogens with two attached hydrogens (primary N) is 3. The zero-order valence-corrected chi connectivity index (χ0v) is 14.4. The Labute approximate surface area is 154 Å². The molecule has 0 saturated carbocycles. The van der Waals surface area contributed by atoms with Crippen molar-refractivity contribution in [2.45, 2.75) is 0 Å². The highest BCUT2D eigenvalue weighted by Gasteiger charge is 2.21. The second-order valence-corrected chi connectivity index (χ2v) is 5.79. The van der Waals surface area contributed by atoms with Crippen molar-refractivity contribution in [2.24, 2.45) is 27.2 Å². The Balaban J connectivity index is 2.10. The molecule has 0 bridgehead atoms. The molecular formula is C17H16ClN5O3. The van der Waals surface area contributed by atoms with Gasteiger partial charge < -0.3 is 26.7 Å². The molecule has 0 spiro atoms. The van der Waals surface area contributed by atoms with E-state index in [1.807, 2.05) is 0 Å². The summed E-state index contributed by atoms with van der Waals surface area (Å²) in [4.78, 5) is 20.7. The molecule has 0 fully saturated rings. The first-order valence-corrected chi connectivity index (χ1v) is 7.99. The molecule has 134 valence electrons. The fourth-order valence-electron chi connectivity index (χ4n) is 2.39. The highest BCUT2D eigenvalue weighted by Crippen LogP contribution is 2.38. The lowest BCUT2D eigenvalue weighted by molar-refractivity contribution is 0.103. The van der Waals surface area contributed by atoms with Crippen LogP contribution in [0.15, 0.2) is 46.4 Å². The average Bonchev–Trinajstić information content (AvgIpc) is 2.60. The van der Waals surface area contributed by atoms with Crippen LogP contribution in [0.2, 0.25) is 5.02 Å². The van der Waals surface area contributed by atoms with Crippen molar-refractivity contribution in [1.29, 1.82) is 0 Å². The van der Waals surface area contributed by atoms with Crippen molar-refractivity contribution in [3.05, 3.63) is 52.5 Å². The summed E-state index contributed by atoms with van der Waals surface area (Å²) in [5.74, 6) is 0.198. The maximum atomic E-state index is 12.9. The third-order valence-electron chi connectivity index (χ3n) is 3.49. The summed E-state index contributed by atoms with van der Waals surface area (Å²) in [5.41, 5.74) is 17.3. The van der Waals surface area contributed by atoms with Crippen LogP contribution in [-0.2, 0) is 0 Å². The van der Waals surface area contributed by atoms with E-state index in [9.17, 15) is 4.79 Å². The molecule has 1 aliphatic heterocycles. The van der Waals surface area contributed by atoms with Crippen LogP contribution in [-0.4, -0.2) is 30.9 Å². The molecule has 2 aromatic rings. The van der Waals surface area contributed by atoms with E-state index in [1.54, 1.807) is 36.4 Å². The summed E-state index contributed by atoms with van der Waals surface area (Å²) in [6.07, 6.45) is 0. The number of benzene rings is 2. The minimum atomic E-state index is -0.283. The minimum absolute atomic E-state index is 0.188. The van der Waals surface area contributed by atoms with E-state index >= 15 is 0 Å². The maximum absolute atomic E-state index is 12.9. The Hall–Kier alpha value is -3.26. The number of aliphatic imine (C=N–C) groups is 2. The number of nitrogens with zero attached hydrogens (tertiary/aromatic N) is 2. The molecule has 0 aromatic heterocycles. The molecule has 0 atom stereocenters. The summed E-state index contributed by atoms with van der Waals surface area (Å²) in [7, 11) is 0. The monoisotopic (exact) mass is 373 g/mol. The van der Waals surface area contributed by atoms with E-state index in [4.69, 9.17) is 38.3 Å². The molecule has 3 rings (SSSR count). The second kappa shape index (κ2) is 7.32. The van der Waals surface area contributed by atoms with E-state index in [-0.39, 0.29) is 29.0 Å². The van der Waals surface area contributed by atoms with Gasteiger partial charge in [0.2, 0.25) is 5.96 Å². The van der Waals surface area contributed by atoms with Gasteiger partial charge in [-0.3, -0.25) is 4.79 Å². The number of hydrogen-bond acceptors (Lipinski definition) is 4. The highest BCUT2D eigenvalue weighted by molar-refractivity contribution is 6.30. The quantitative estimate of drug-likeness (QED) is 0.424. The molecule has 1 aliphatic rings. The van der Waals surface area contributed by atoms with Crippen LogP contribution in [0.25, 0.3) is 0 Å². The molecule has 1 heterocycles. The van der Waals surface area contributed by atoms with E-state index in [0.717, 1.165) is 0 Å². The molecule has 8 nitrogen and oxygen atoms in total. The van der Waals surface area contributed by atoms with Gasteiger partial charge in [0.05, 0.1) is 11.3 Å². The van der Waals surface area contributed by atoms with Gasteiger partial charge in [-0.15, -0.1) is 0 Å². The van der Waals surface area contributed by atoms with Crippen LogP contribution in [0.5, 0.6) is 11.5 Å². The molecule has 2 aromatic carbocycles. The summed E-state index contributed by atoms with van der Waals surface area (Å²) >= 11 is 5.88. The lowest BCUT2D eigenvalue weighted by Gasteiger charge is -2.20. The second-order valence-electron chi connectivity index (χ2n) is 5.36. The van der Waals surface area contributed by atoms with Crippen molar-refractivity contribution < 1.29 is 14.3 Å². The normalized spacial score (nSPS) is 13.2. The molecule has 26 heavy (non-hydrogen) atoms. The summed E-state index contributed by atoms with van der Waals surface area (Å²) in [6, 6.07) is 9.62.